The molecule has 174 valence electrons. The van der Waals surface area contributed by atoms with Crippen LogP contribution < -0.4 is 4.74 Å². The first kappa shape index (κ1) is 22.0. The van der Waals surface area contributed by atoms with Gasteiger partial charge in [-0.25, -0.2) is 9.78 Å². The van der Waals surface area contributed by atoms with Gasteiger partial charge in [-0.2, -0.15) is 0 Å². The second-order valence-electron chi connectivity index (χ2n) is 9.05. The molecule has 1 aliphatic rings. The second kappa shape index (κ2) is 9.21. The summed E-state index contributed by atoms with van der Waals surface area (Å²) in [6.07, 6.45) is 0.836. The van der Waals surface area contributed by atoms with Gasteiger partial charge in [0.2, 0.25) is 0 Å². The number of amides is 2. The van der Waals surface area contributed by atoms with Crippen molar-refractivity contribution in [3.05, 3.63) is 83.2 Å². The molecule has 0 saturated heterocycles. The third-order valence-corrected chi connectivity index (χ3v) is 6.43. The number of aromatic nitrogens is 2. The predicted molar refractivity (Wildman–Crippen MR) is 135 cm³/mol. The lowest BCUT2D eigenvalue weighted by atomic mass is 9.98. The number of carbonyl (C=O) groups is 1. The van der Waals surface area contributed by atoms with Gasteiger partial charge in [-0.3, -0.25) is 0 Å². The van der Waals surface area contributed by atoms with Crippen LogP contribution in [0.5, 0.6) is 5.75 Å². The minimum atomic E-state index is 0.0322. The van der Waals surface area contributed by atoms with Crippen molar-refractivity contribution in [1.29, 1.82) is 0 Å². The number of urea groups is 1. The average molecular weight is 455 g/mol. The van der Waals surface area contributed by atoms with Gasteiger partial charge in [0.15, 0.2) is 0 Å². The molecule has 6 heteroatoms. The van der Waals surface area contributed by atoms with Crippen LogP contribution in [-0.4, -0.2) is 52.5 Å². The number of H-pyrrole nitrogens is 1. The zero-order valence-corrected chi connectivity index (χ0v) is 20.0. The summed E-state index contributed by atoms with van der Waals surface area (Å²) in [6, 6.07) is 20.9. The predicted octanol–water partition coefficient (Wildman–Crippen LogP) is 5.34. The second-order valence-corrected chi connectivity index (χ2v) is 9.05. The van der Waals surface area contributed by atoms with Crippen LogP contribution in [0.3, 0.4) is 0 Å². The Hall–Kier alpha value is -3.80. The number of carbonyl (C=O) groups excluding carboxylic acids is 1. The Labute approximate surface area is 200 Å². The minimum Gasteiger partial charge on any atom is -0.491 e. The lowest BCUT2D eigenvalue weighted by Crippen LogP contribution is -2.42. The number of ether oxygens (including phenoxy) is 1. The summed E-state index contributed by atoms with van der Waals surface area (Å²) < 4.78 is 6.10. The van der Waals surface area contributed by atoms with Crippen LogP contribution in [0.1, 0.15) is 22.5 Å². The van der Waals surface area contributed by atoms with E-state index in [1.165, 1.54) is 5.56 Å². The molecule has 0 spiro atoms. The number of nitrogens with zero attached hydrogens (tertiary/aromatic N) is 3. The number of aryl methyl sites for hydroxylation is 2. The highest BCUT2D eigenvalue weighted by molar-refractivity contribution is 5.82. The first-order valence-electron chi connectivity index (χ1n) is 11.7. The van der Waals surface area contributed by atoms with Crippen molar-refractivity contribution < 1.29 is 9.53 Å². The van der Waals surface area contributed by atoms with Crippen molar-refractivity contribution in [2.75, 3.05) is 26.7 Å². The Bertz CT molecular complexity index is 1330. The van der Waals surface area contributed by atoms with Gasteiger partial charge >= 0.3 is 6.03 Å². The molecule has 0 bridgehead atoms. The van der Waals surface area contributed by atoms with Gasteiger partial charge < -0.3 is 19.5 Å². The summed E-state index contributed by atoms with van der Waals surface area (Å²) in [7, 11) is 1.88. The molecule has 0 fully saturated rings. The summed E-state index contributed by atoms with van der Waals surface area (Å²) in [5.74, 6) is 1.80. The van der Waals surface area contributed by atoms with Crippen molar-refractivity contribution in [3.63, 3.8) is 0 Å². The topological polar surface area (TPSA) is 61.5 Å². The minimum absolute atomic E-state index is 0.0322. The molecule has 2 amide bonds. The van der Waals surface area contributed by atoms with Crippen LogP contribution in [0.15, 0.2) is 60.7 Å². The standard InChI is InChI=1S/C28H30N4O2/c1-19-15-23(22-9-10-25-26(17-22)30-20(2)29-25)16-24-18-32(13-14-34-27(19)24)28(33)31(3)12-11-21-7-5-4-6-8-21/h4-10,15-17H,11-14,18H2,1-3H3,(H,29,30). The normalized spacial score (nSPS) is 13.3. The van der Waals surface area contributed by atoms with Gasteiger partial charge in [0.25, 0.3) is 0 Å². The fraction of sp³-hybridized carbons (Fsp3) is 0.286. The Kier molecular flexibility index (Phi) is 5.97. The number of likely N-dealkylation sites (N-methyl/N-ethyl adjacent to an activating group) is 1. The first-order valence-corrected chi connectivity index (χ1v) is 11.7. The molecule has 2 heterocycles. The van der Waals surface area contributed by atoms with E-state index >= 15 is 0 Å². The van der Waals surface area contributed by atoms with Crippen molar-refractivity contribution in [3.8, 4) is 16.9 Å². The van der Waals surface area contributed by atoms with Crippen LogP contribution in [0.2, 0.25) is 0 Å². The van der Waals surface area contributed by atoms with E-state index in [2.05, 4.69) is 53.3 Å². The quantitative estimate of drug-likeness (QED) is 0.453. The summed E-state index contributed by atoms with van der Waals surface area (Å²) in [5.41, 5.74) is 7.57. The number of hydrogen-bond donors (Lipinski definition) is 1. The van der Waals surface area contributed by atoms with Crippen LogP contribution in [0, 0.1) is 13.8 Å². The molecule has 0 unspecified atom stereocenters. The maximum atomic E-state index is 13.3. The highest BCUT2D eigenvalue weighted by Gasteiger charge is 2.24. The molecule has 1 aliphatic heterocycles. The van der Waals surface area contributed by atoms with Gasteiger partial charge in [-0.1, -0.05) is 36.4 Å². The van der Waals surface area contributed by atoms with Gasteiger partial charge in [0.1, 0.15) is 18.2 Å². The van der Waals surface area contributed by atoms with E-state index in [0.717, 1.165) is 51.3 Å². The van der Waals surface area contributed by atoms with Crippen LogP contribution >= 0.6 is 0 Å². The van der Waals surface area contributed by atoms with E-state index in [1.807, 2.05) is 48.0 Å². The third kappa shape index (κ3) is 4.49. The van der Waals surface area contributed by atoms with Gasteiger partial charge in [0, 0.05) is 19.2 Å². The van der Waals surface area contributed by atoms with Crippen LogP contribution in [0.4, 0.5) is 4.79 Å². The monoisotopic (exact) mass is 454 g/mol. The van der Waals surface area contributed by atoms with E-state index in [9.17, 15) is 4.79 Å². The van der Waals surface area contributed by atoms with Gasteiger partial charge in [0.05, 0.1) is 24.1 Å². The third-order valence-electron chi connectivity index (χ3n) is 6.43. The highest BCUT2D eigenvalue weighted by atomic mass is 16.5. The van der Waals surface area contributed by atoms with E-state index < -0.39 is 0 Å². The molecule has 3 aromatic carbocycles. The molecule has 4 aromatic rings. The van der Waals surface area contributed by atoms with E-state index in [-0.39, 0.29) is 6.03 Å². The largest absolute Gasteiger partial charge is 0.491 e. The Morgan fingerprint density at radius 3 is 2.74 bits per heavy atom. The zero-order valence-electron chi connectivity index (χ0n) is 20.0. The number of imidazole rings is 1. The number of benzene rings is 3. The molecule has 1 N–H and O–H groups in total. The molecular weight excluding hydrogens is 424 g/mol. The number of rotatable bonds is 4. The van der Waals surface area contributed by atoms with Crippen molar-refractivity contribution in [2.45, 2.75) is 26.8 Å². The Morgan fingerprint density at radius 2 is 1.91 bits per heavy atom. The number of nitrogens with one attached hydrogen (secondary N) is 1. The molecular formula is C28H30N4O2. The van der Waals surface area contributed by atoms with Crippen LogP contribution in [0.25, 0.3) is 22.2 Å². The zero-order chi connectivity index (χ0) is 23.7. The maximum Gasteiger partial charge on any atom is 0.320 e. The van der Waals surface area contributed by atoms with E-state index in [4.69, 9.17) is 4.74 Å². The lowest BCUT2D eigenvalue weighted by Gasteiger charge is -2.27. The van der Waals surface area contributed by atoms with Crippen molar-refractivity contribution >= 4 is 17.1 Å². The van der Waals surface area contributed by atoms with Crippen molar-refractivity contribution in [2.24, 2.45) is 0 Å². The summed E-state index contributed by atoms with van der Waals surface area (Å²) in [6.45, 7) is 6.30. The van der Waals surface area contributed by atoms with Gasteiger partial charge in [-0.05, 0) is 66.8 Å². The van der Waals surface area contributed by atoms with E-state index in [1.54, 1.807) is 0 Å². The Balaban J connectivity index is 1.37. The van der Waals surface area contributed by atoms with Crippen molar-refractivity contribution in [1.82, 2.24) is 19.8 Å². The molecule has 1 aromatic heterocycles. The van der Waals surface area contributed by atoms with Gasteiger partial charge in [-0.15, -0.1) is 0 Å². The molecule has 0 atom stereocenters. The number of aromatic amines is 1. The fourth-order valence-electron chi connectivity index (χ4n) is 4.64. The smallest absolute Gasteiger partial charge is 0.320 e. The molecule has 6 nitrogen and oxygen atoms in total. The number of fused-ring (bicyclic) bond motifs is 2. The van der Waals surface area contributed by atoms with E-state index in [0.29, 0.717) is 26.2 Å². The molecule has 34 heavy (non-hydrogen) atoms. The summed E-state index contributed by atoms with van der Waals surface area (Å²) >= 11 is 0. The first-order chi connectivity index (χ1) is 16.5. The fourth-order valence-corrected chi connectivity index (χ4v) is 4.64. The Morgan fingerprint density at radius 1 is 1.09 bits per heavy atom. The number of hydrogen-bond acceptors (Lipinski definition) is 3. The molecule has 0 aliphatic carbocycles. The van der Waals surface area contributed by atoms with Crippen LogP contribution in [-0.2, 0) is 13.0 Å². The summed E-state index contributed by atoms with van der Waals surface area (Å²) in [4.78, 5) is 24.8. The molecule has 0 radical (unpaired) electrons. The maximum absolute atomic E-state index is 13.3. The average Bonchev–Trinajstić information content (AvgIpc) is 3.07. The SMILES string of the molecule is Cc1nc2ccc(-c3cc(C)c4c(c3)CN(C(=O)N(C)CCc3ccccc3)CCO4)cc2[nH]1. The highest BCUT2D eigenvalue weighted by Crippen LogP contribution is 2.34. The lowest BCUT2D eigenvalue weighted by molar-refractivity contribution is 0.155. The molecule has 0 saturated carbocycles. The summed E-state index contributed by atoms with van der Waals surface area (Å²) in [5, 5.41) is 0. The molecule has 5 rings (SSSR count).